The summed E-state index contributed by atoms with van der Waals surface area (Å²) in [6.07, 6.45) is 0.110. The molecule has 1 saturated heterocycles. The third-order valence-electron chi connectivity index (χ3n) is 4.07. The maximum Gasteiger partial charge on any atom is 0.325 e. The van der Waals surface area contributed by atoms with E-state index in [1.807, 2.05) is 30.3 Å². The van der Waals surface area contributed by atoms with Crippen LogP contribution in [0.4, 0.5) is 5.69 Å². The Bertz CT molecular complexity index is 583. The number of hydrogen-bond donors (Lipinski definition) is 2. The second-order valence-corrected chi connectivity index (χ2v) is 5.83. The third kappa shape index (κ3) is 4.97. The molecule has 0 spiro atoms. The number of aliphatic carboxylic acids is 1. The number of hydrogen-bond acceptors (Lipinski definition) is 4. The van der Waals surface area contributed by atoms with Crippen molar-refractivity contribution in [2.75, 3.05) is 31.1 Å². The van der Waals surface area contributed by atoms with Gasteiger partial charge in [-0.1, -0.05) is 18.2 Å². The molecule has 1 aromatic carbocycles. The Morgan fingerprint density at radius 3 is 2.29 bits per heavy atom. The lowest BCUT2D eigenvalue weighted by atomic mass is 10.2. The fourth-order valence-corrected chi connectivity index (χ4v) is 2.61. The van der Waals surface area contributed by atoms with Gasteiger partial charge in [-0.15, -0.1) is 0 Å². The normalized spacial score (nSPS) is 15.7. The van der Waals surface area contributed by atoms with Gasteiger partial charge in [0.1, 0.15) is 6.04 Å². The maximum absolute atomic E-state index is 12.2. The molecule has 1 aliphatic heterocycles. The van der Waals surface area contributed by atoms with Crippen LogP contribution in [0.1, 0.15) is 19.8 Å². The lowest BCUT2D eigenvalue weighted by molar-refractivity contribution is -0.141. The van der Waals surface area contributed by atoms with Crippen LogP contribution < -0.4 is 10.2 Å². The summed E-state index contributed by atoms with van der Waals surface area (Å²) < 4.78 is 0. The number of anilines is 1. The van der Waals surface area contributed by atoms with Gasteiger partial charge in [0.15, 0.2) is 0 Å². The molecule has 2 rings (SSSR count). The van der Waals surface area contributed by atoms with Crippen LogP contribution in [0.3, 0.4) is 0 Å². The fourth-order valence-electron chi connectivity index (χ4n) is 2.61. The standard InChI is InChI=1S/C17H23N3O4/c1-13(17(23)24)18-15(21)7-8-16(22)20-11-9-19(10-12-20)14-5-3-2-4-6-14/h2-6,13H,7-12H2,1H3,(H,18,21)(H,23,24)/t13-/m1/s1. The van der Waals surface area contributed by atoms with Gasteiger partial charge in [-0.3, -0.25) is 14.4 Å². The van der Waals surface area contributed by atoms with Crippen molar-refractivity contribution in [3.63, 3.8) is 0 Å². The summed E-state index contributed by atoms with van der Waals surface area (Å²) in [5, 5.41) is 11.1. The molecule has 0 radical (unpaired) electrons. The van der Waals surface area contributed by atoms with Gasteiger partial charge in [0, 0.05) is 44.7 Å². The molecular weight excluding hydrogens is 310 g/mol. The minimum Gasteiger partial charge on any atom is -0.480 e. The smallest absolute Gasteiger partial charge is 0.325 e. The summed E-state index contributed by atoms with van der Waals surface area (Å²) >= 11 is 0. The predicted molar refractivity (Wildman–Crippen MR) is 89.7 cm³/mol. The van der Waals surface area contributed by atoms with Crippen molar-refractivity contribution < 1.29 is 19.5 Å². The van der Waals surface area contributed by atoms with E-state index >= 15 is 0 Å². The topological polar surface area (TPSA) is 90.0 Å². The number of benzene rings is 1. The average molecular weight is 333 g/mol. The van der Waals surface area contributed by atoms with Crippen molar-refractivity contribution in [1.82, 2.24) is 10.2 Å². The van der Waals surface area contributed by atoms with Crippen molar-refractivity contribution in [1.29, 1.82) is 0 Å². The number of amides is 2. The molecule has 1 fully saturated rings. The second-order valence-electron chi connectivity index (χ2n) is 5.83. The molecule has 130 valence electrons. The molecule has 0 unspecified atom stereocenters. The van der Waals surface area contributed by atoms with Gasteiger partial charge in [-0.05, 0) is 19.1 Å². The zero-order chi connectivity index (χ0) is 17.5. The number of para-hydroxylation sites is 1. The summed E-state index contributed by atoms with van der Waals surface area (Å²) in [4.78, 5) is 38.5. The summed E-state index contributed by atoms with van der Waals surface area (Å²) in [5.41, 5.74) is 1.15. The van der Waals surface area contributed by atoms with Crippen molar-refractivity contribution in [2.24, 2.45) is 0 Å². The highest BCUT2D eigenvalue weighted by Crippen LogP contribution is 2.16. The molecule has 0 aliphatic carbocycles. The van der Waals surface area contributed by atoms with Crippen LogP contribution in [-0.2, 0) is 14.4 Å². The number of carbonyl (C=O) groups excluding carboxylic acids is 2. The quantitative estimate of drug-likeness (QED) is 0.800. The highest BCUT2D eigenvalue weighted by molar-refractivity contribution is 5.86. The molecule has 1 aliphatic rings. The van der Waals surface area contributed by atoms with E-state index in [2.05, 4.69) is 10.2 Å². The van der Waals surface area contributed by atoms with E-state index in [1.54, 1.807) is 4.90 Å². The van der Waals surface area contributed by atoms with Crippen molar-refractivity contribution in [3.8, 4) is 0 Å². The van der Waals surface area contributed by atoms with Crippen LogP contribution in [0.5, 0.6) is 0 Å². The van der Waals surface area contributed by atoms with E-state index in [0.29, 0.717) is 13.1 Å². The van der Waals surface area contributed by atoms with E-state index in [4.69, 9.17) is 5.11 Å². The molecular formula is C17H23N3O4. The van der Waals surface area contributed by atoms with Gasteiger partial charge in [0.25, 0.3) is 0 Å². The summed E-state index contributed by atoms with van der Waals surface area (Å²) in [5.74, 6) is -1.58. The largest absolute Gasteiger partial charge is 0.480 e. The number of nitrogens with zero attached hydrogens (tertiary/aromatic N) is 2. The van der Waals surface area contributed by atoms with Crippen LogP contribution in [-0.4, -0.2) is 60.0 Å². The third-order valence-corrected chi connectivity index (χ3v) is 4.07. The molecule has 7 heteroatoms. The number of rotatable bonds is 6. The monoisotopic (exact) mass is 333 g/mol. The second kappa shape index (κ2) is 8.33. The predicted octanol–water partition coefficient (Wildman–Crippen LogP) is 0.705. The SMILES string of the molecule is C[C@@H](NC(=O)CCC(=O)N1CCN(c2ccccc2)CC1)C(=O)O. The molecule has 24 heavy (non-hydrogen) atoms. The Labute approximate surface area is 141 Å². The van der Waals surface area contributed by atoms with Gasteiger partial charge < -0.3 is 20.2 Å². The molecule has 1 aromatic rings. The van der Waals surface area contributed by atoms with Gasteiger partial charge in [-0.2, -0.15) is 0 Å². The molecule has 2 N–H and O–H groups in total. The first-order chi connectivity index (χ1) is 11.5. The summed E-state index contributed by atoms with van der Waals surface area (Å²) in [7, 11) is 0. The Hall–Kier alpha value is -2.57. The van der Waals surface area contributed by atoms with E-state index in [-0.39, 0.29) is 18.7 Å². The Kier molecular flexibility index (Phi) is 6.17. The van der Waals surface area contributed by atoms with Crippen LogP contribution in [0, 0.1) is 0 Å². The summed E-state index contributed by atoms with van der Waals surface area (Å²) in [6, 6.07) is 9.10. The van der Waals surface area contributed by atoms with Crippen molar-refractivity contribution >= 4 is 23.5 Å². The number of piperazine rings is 1. The van der Waals surface area contributed by atoms with Gasteiger partial charge in [-0.25, -0.2) is 0 Å². The van der Waals surface area contributed by atoms with E-state index in [1.165, 1.54) is 6.92 Å². The van der Waals surface area contributed by atoms with Gasteiger partial charge in [0.2, 0.25) is 11.8 Å². The molecule has 0 aromatic heterocycles. The molecule has 1 atom stereocenters. The van der Waals surface area contributed by atoms with Crippen LogP contribution in [0.25, 0.3) is 0 Å². The first-order valence-corrected chi connectivity index (χ1v) is 8.07. The number of carboxylic acids is 1. The maximum atomic E-state index is 12.2. The zero-order valence-electron chi connectivity index (χ0n) is 13.8. The Balaban J connectivity index is 1.73. The number of carboxylic acid groups (broad SMARTS) is 1. The van der Waals surface area contributed by atoms with Gasteiger partial charge >= 0.3 is 5.97 Å². The summed E-state index contributed by atoms with van der Waals surface area (Å²) in [6.45, 7) is 4.17. The first kappa shape index (κ1) is 17.8. The van der Waals surface area contributed by atoms with E-state index < -0.39 is 17.9 Å². The zero-order valence-corrected chi connectivity index (χ0v) is 13.8. The molecule has 2 amide bonds. The van der Waals surface area contributed by atoms with E-state index in [9.17, 15) is 14.4 Å². The van der Waals surface area contributed by atoms with Crippen LogP contribution in [0.15, 0.2) is 30.3 Å². The lowest BCUT2D eigenvalue weighted by Gasteiger charge is -2.36. The van der Waals surface area contributed by atoms with Gasteiger partial charge in [0.05, 0.1) is 0 Å². The first-order valence-electron chi connectivity index (χ1n) is 8.07. The Morgan fingerprint density at radius 1 is 1.08 bits per heavy atom. The highest BCUT2D eigenvalue weighted by Gasteiger charge is 2.22. The lowest BCUT2D eigenvalue weighted by Crippen LogP contribution is -2.49. The minimum atomic E-state index is -1.09. The average Bonchev–Trinajstić information content (AvgIpc) is 2.60. The van der Waals surface area contributed by atoms with Crippen LogP contribution in [0.2, 0.25) is 0 Å². The van der Waals surface area contributed by atoms with E-state index in [0.717, 1.165) is 18.8 Å². The molecule has 1 heterocycles. The number of nitrogens with one attached hydrogen (secondary N) is 1. The minimum absolute atomic E-state index is 0.00928. The van der Waals surface area contributed by atoms with Crippen molar-refractivity contribution in [2.45, 2.75) is 25.8 Å². The molecule has 0 saturated carbocycles. The Morgan fingerprint density at radius 2 is 1.71 bits per heavy atom. The fraction of sp³-hybridized carbons (Fsp3) is 0.471. The highest BCUT2D eigenvalue weighted by atomic mass is 16.4. The van der Waals surface area contributed by atoms with Crippen molar-refractivity contribution in [3.05, 3.63) is 30.3 Å². The number of carbonyl (C=O) groups is 3. The van der Waals surface area contributed by atoms with Crippen LogP contribution >= 0.6 is 0 Å². The molecule has 0 bridgehead atoms. The molecule has 7 nitrogen and oxygen atoms in total.